The molecule has 3 aliphatic heterocycles. The first-order valence-electron chi connectivity index (χ1n) is 11.3. The number of nitrogens with zero attached hydrogens (tertiary/aromatic N) is 8. The number of imide groups is 1. The average Bonchev–Trinajstić information content (AvgIpc) is 3.65. The third-order valence-electron chi connectivity index (χ3n) is 6.75. The summed E-state index contributed by atoms with van der Waals surface area (Å²) in [4.78, 5) is 52.9. The minimum absolute atomic E-state index is 0.0755. The van der Waals surface area contributed by atoms with E-state index in [4.69, 9.17) is 0 Å². The van der Waals surface area contributed by atoms with Gasteiger partial charge in [0.1, 0.15) is 6.04 Å². The van der Waals surface area contributed by atoms with Crippen LogP contribution >= 0.6 is 0 Å². The summed E-state index contributed by atoms with van der Waals surface area (Å²) >= 11 is 0. The van der Waals surface area contributed by atoms with Crippen LogP contribution in [-0.2, 0) is 16.1 Å². The molecule has 3 aliphatic rings. The fraction of sp³-hybridized carbons (Fsp3) is 0.364. The van der Waals surface area contributed by atoms with E-state index in [-0.39, 0.29) is 35.9 Å². The van der Waals surface area contributed by atoms with Gasteiger partial charge in [0.15, 0.2) is 5.69 Å². The average molecular weight is 475 g/mol. The van der Waals surface area contributed by atoms with Crippen molar-refractivity contribution in [2.45, 2.75) is 37.9 Å². The molecule has 13 heteroatoms. The summed E-state index contributed by atoms with van der Waals surface area (Å²) in [6, 6.07) is 4.68. The molecule has 0 radical (unpaired) electrons. The minimum Gasteiger partial charge on any atom is -0.335 e. The standard InChI is InChI=1S/C22H21N9O4/c32-19-4-3-18(20(33)24-19)29-10-13-1-2-14(9-16(13)21(29)34)31-12-17(25-27-31)22(35)28-7-5-15(11-28)30-8-6-23-26-30/h1-2,6,8-9,12,15,18H,3-5,7,10-11H2,(H,24,32,33)/t15-,18?/m0/s1. The molecule has 1 N–H and O–H groups in total. The van der Waals surface area contributed by atoms with Gasteiger partial charge in [-0.3, -0.25) is 24.5 Å². The molecule has 2 aromatic heterocycles. The Balaban J connectivity index is 1.17. The molecule has 2 atom stereocenters. The SMILES string of the molecule is O=C1CCC(N2Cc3ccc(-n4cc(C(=O)N5CC[C@H](n6ccnn6)C5)nn4)cc3C2=O)C(=O)N1. The smallest absolute Gasteiger partial charge is 0.276 e. The third-order valence-corrected chi connectivity index (χ3v) is 6.75. The van der Waals surface area contributed by atoms with E-state index in [1.165, 1.54) is 9.58 Å². The zero-order valence-corrected chi connectivity index (χ0v) is 18.6. The molecule has 2 fully saturated rings. The van der Waals surface area contributed by atoms with Crippen molar-refractivity contribution in [2.75, 3.05) is 13.1 Å². The van der Waals surface area contributed by atoms with Gasteiger partial charge in [-0.25, -0.2) is 9.36 Å². The highest BCUT2D eigenvalue weighted by Crippen LogP contribution is 2.29. The van der Waals surface area contributed by atoms with Gasteiger partial charge in [-0.05, 0) is 30.5 Å². The Labute approximate surface area is 198 Å². The molecule has 178 valence electrons. The van der Waals surface area contributed by atoms with Crippen LogP contribution in [0.3, 0.4) is 0 Å². The van der Waals surface area contributed by atoms with E-state index in [0.29, 0.717) is 37.3 Å². The molecule has 0 bridgehead atoms. The maximum Gasteiger partial charge on any atom is 0.276 e. The number of amides is 4. The molecule has 1 aromatic carbocycles. The predicted molar refractivity (Wildman–Crippen MR) is 117 cm³/mol. The molecule has 4 amide bonds. The Morgan fingerprint density at radius 3 is 2.80 bits per heavy atom. The van der Waals surface area contributed by atoms with Crippen LogP contribution in [0.2, 0.25) is 0 Å². The van der Waals surface area contributed by atoms with Crippen LogP contribution in [0.25, 0.3) is 5.69 Å². The Morgan fingerprint density at radius 1 is 1.11 bits per heavy atom. The lowest BCUT2D eigenvalue weighted by atomic mass is 10.0. The van der Waals surface area contributed by atoms with Gasteiger partial charge in [-0.15, -0.1) is 10.2 Å². The summed E-state index contributed by atoms with van der Waals surface area (Å²) in [6.45, 7) is 1.39. The van der Waals surface area contributed by atoms with Crippen LogP contribution in [0.4, 0.5) is 0 Å². The van der Waals surface area contributed by atoms with Gasteiger partial charge in [-0.2, -0.15) is 0 Å². The highest BCUT2D eigenvalue weighted by Gasteiger charge is 2.39. The van der Waals surface area contributed by atoms with Gasteiger partial charge in [0.2, 0.25) is 11.8 Å². The highest BCUT2D eigenvalue weighted by atomic mass is 16.2. The van der Waals surface area contributed by atoms with Crippen LogP contribution < -0.4 is 5.32 Å². The monoisotopic (exact) mass is 475 g/mol. The number of hydrogen-bond acceptors (Lipinski definition) is 8. The molecule has 3 aromatic rings. The summed E-state index contributed by atoms with van der Waals surface area (Å²) in [5, 5.41) is 18.3. The summed E-state index contributed by atoms with van der Waals surface area (Å²) in [5.74, 6) is -1.27. The zero-order chi connectivity index (χ0) is 24.1. The maximum absolute atomic E-state index is 13.1. The Kier molecular flexibility index (Phi) is 4.90. The van der Waals surface area contributed by atoms with Gasteiger partial charge >= 0.3 is 0 Å². The lowest BCUT2D eigenvalue weighted by molar-refractivity contribution is -0.136. The first kappa shape index (κ1) is 21.1. The first-order chi connectivity index (χ1) is 17.0. The normalized spacial score (nSPS) is 22.0. The summed E-state index contributed by atoms with van der Waals surface area (Å²) in [5.41, 5.74) is 2.04. The molecule has 1 unspecified atom stereocenters. The maximum atomic E-state index is 13.1. The van der Waals surface area contributed by atoms with Gasteiger partial charge in [0.05, 0.1) is 24.1 Å². The van der Waals surface area contributed by atoms with Crippen LogP contribution in [0, 0.1) is 0 Å². The van der Waals surface area contributed by atoms with Crippen LogP contribution in [0.15, 0.2) is 36.8 Å². The van der Waals surface area contributed by atoms with E-state index in [0.717, 1.165) is 12.0 Å². The molecule has 2 saturated heterocycles. The van der Waals surface area contributed by atoms with Crippen molar-refractivity contribution in [1.29, 1.82) is 0 Å². The van der Waals surface area contributed by atoms with Crippen LogP contribution in [0.1, 0.15) is 51.7 Å². The number of hydrogen-bond donors (Lipinski definition) is 1. The van der Waals surface area contributed by atoms with E-state index < -0.39 is 11.9 Å². The molecule has 5 heterocycles. The van der Waals surface area contributed by atoms with Gasteiger partial charge in [0.25, 0.3) is 11.8 Å². The van der Waals surface area contributed by atoms with E-state index in [2.05, 4.69) is 25.9 Å². The fourth-order valence-electron chi connectivity index (χ4n) is 4.89. The van der Waals surface area contributed by atoms with E-state index in [1.807, 2.05) is 0 Å². The molecular weight excluding hydrogens is 454 g/mol. The van der Waals surface area contributed by atoms with Crippen molar-refractivity contribution in [3.63, 3.8) is 0 Å². The number of fused-ring (bicyclic) bond motifs is 1. The van der Waals surface area contributed by atoms with Gasteiger partial charge in [0, 0.05) is 37.8 Å². The first-order valence-corrected chi connectivity index (χ1v) is 11.3. The number of benzene rings is 1. The fourth-order valence-corrected chi connectivity index (χ4v) is 4.89. The lowest BCUT2D eigenvalue weighted by Gasteiger charge is -2.29. The summed E-state index contributed by atoms with van der Waals surface area (Å²) < 4.78 is 3.21. The lowest BCUT2D eigenvalue weighted by Crippen LogP contribution is -2.52. The molecule has 35 heavy (non-hydrogen) atoms. The van der Waals surface area contributed by atoms with Crippen molar-refractivity contribution >= 4 is 23.6 Å². The van der Waals surface area contributed by atoms with Crippen molar-refractivity contribution in [3.05, 3.63) is 53.6 Å². The van der Waals surface area contributed by atoms with Crippen molar-refractivity contribution in [1.82, 2.24) is 45.1 Å². The zero-order valence-electron chi connectivity index (χ0n) is 18.6. The second-order valence-electron chi connectivity index (χ2n) is 8.87. The molecular formula is C22H21N9O4. The molecule has 0 saturated carbocycles. The second kappa shape index (κ2) is 8.11. The number of carbonyl (C=O) groups excluding carboxylic acids is 4. The predicted octanol–water partition coefficient (Wildman–Crippen LogP) is -0.293. The topological polar surface area (TPSA) is 148 Å². The Hall–Kier alpha value is -4.42. The van der Waals surface area contributed by atoms with Crippen molar-refractivity contribution in [3.8, 4) is 5.69 Å². The Morgan fingerprint density at radius 2 is 2.00 bits per heavy atom. The number of piperidine rings is 1. The summed E-state index contributed by atoms with van der Waals surface area (Å²) in [6.07, 6.45) is 6.23. The largest absolute Gasteiger partial charge is 0.335 e. The number of nitrogens with one attached hydrogen (secondary N) is 1. The van der Waals surface area contributed by atoms with Crippen molar-refractivity contribution < 1.29 is 19.2 Å². The third kappa shape index (κ3) is 3.64. The molecule has 6 rings (SSSR count). The van der Waals surface area contributed by atoms with Gasteiger partial charge < -0.3 is 9.80 Å². The van der Waals surface area contributed by atoms with E-state index in [9.17, 15) is 19.2 Å². The number of likely N-dealkylation sites (tertiary alicyclic amines) is 1. The van der Waals surface area contributed by atoms with Crippen LogP contribution in [-0.4, -0.2) is 82.5 Å². The minimum atomic E-state index is -0.673. The number of rotatable bonds is 4. The number of carbonyl (C=O) groups is 4. The number of aromatic nitrogens is 6. The second-order valence-corrected chi connectivity index (χ2v) is 8.87. The Bertz CT molecular complexity index is 1350. The molecule has 13 nitrogen and oxygen atoms in total. The summed E-state index contributed by atoms with van der Waals surface area (Å²) in [7, 11) is 0. The quantitative estimate of drug-likeness (QED) is 0.506. The van der Waals surface area contributed by atoms with Crippen molar-refractivity contribution in [2.24, 2.45) is 0 Å². The molecule has 0 spiro atoms. The van der Waals surface area contributed by atoms with E-state index in [1.54, 1.807) is 46.4 Å². The van der Waals surface area contributed by atoms with E-state index >= 15 is 0 Å². The van der Waals surface area contributed by atoms with Crippen LogP contribution in [0.5, 0.6) is 0 Å². The molecule has 0 aliphatic carbocycles. The highest BCUT2D eigenvalue weighted by molar-refractivity contribution is 6.05. The van der Waals surface area contributed by atoms with Gasteiger partial charge in [-0.1, -0.05) is 16.5 Å².